The van der Waals surface area contributed by atoms with Gasteiger partial charge in [-0.15, -0.1) is 0 Å². The van der Waals surface area contributed by atoms with Crippen molar-refractivity contribution >= 4 is 17.7 Å². The number of anilines is 1. The van der Waals surface area contributed by atoms with Gasteiger partial charge in [0.25, 0.3) is 0 Å². The first-order valence-electron chi connectivity index (χ1n) is 8.44. The predicted molar refractivity (Wildman–Crippen MR) is 90.1 cm³/mol. The smallest absolute Gasteiger partial charge is 0.415 e. The van der Waals surface area contributed by atoms with Crippen molar-refractivity contribution in [3.05, 3.63) is 29.6 Å². The molecule has 2 aromatic rings. The molecule has 1 aliphatic carbocycles. The van der Waals surface area contributed by atoms with Crippen LogP contribution in [0.15, 0.2) is 18.5 Å². The van der Waals surface area contributed by atoms with Crippen molar-refractivity contribution < 1.29 is 14.3 Å². The van der Waals surface area contributed by atoms with Gasteiger partial charge < -0.3 is 10.1 Å². The van der Waals surface area contributed by atoms with E-state index < -0.39 is 12.1 Å². The van der Waals surface area contributed by atoms with Crippen LogP contribution >= 0.6 is 0 Å². The van der Waals surface area contributed by atoms with Crippen LogP contribution in [0.5, 0.6) is 0 Å². The molecule has 4 rings (SSSR count). The van der Waals surface area contributed by atoms with Gasteiger partial charge in [0.05, 0.1) is 29.5 Å². The molecule has 1 fully saturated rings. The second-order valence-corrected chi connectivity index (χ2v) is 6.18. The number of amides is 2. The van der Waals surface area contributed by atoms with Crippen molar-refractivity contribution in [2.75, 3.05) is 18.1 Å². The number of rotatable bonds is 3. The van der Waals surface area contributed by atoms with E-state index in [1.165, 1.54) is 4.90 Å². The minimum absolute atomic E-state index is 0.0481. The summed E-state index contributed by atoms with van der Waals surface area (Å²) in [7, 11) is 0. The van der Waals surface area contributed by atoms with E-state index in [4.69, 9.17) is 4.74 Å². The lowest BCUT2D eigenvalue weighted by atomic mass is 10.1. The molecule has 1 atom stereocenters. The molecule has 0 radical (unpaired) electrons. The van der Waals surface area contributed by atoms with E-state index in [9.17, 15) is 9.59 Å². The summed E-state index contributed by atoms with van der Waals surface area (Å²) in [5.41, 5.74) is 4.56. The van der Waals surface area contributed by atoms with E-state index in [1.54, 1.807) is 6.20 Å². The Morgan fingerprint density at radius 2 is 2.24 bits per heavy atom. The molecule has 2 amide bonds. The Balaban J connectivity index is 1.71. The highest BCUT2D eigenvalue weighted by atomic mass is 16.6. The van der Waals surface area contributed by atoms with E-state index >= 15 is 0 Å². The second-order valence-electron chi connectivity index (χ2n) is 6.18. The maximum Gasteiger partial charge on any atom is 0.415 e. The quantitative estimate of drug-likeness (QED) is 0.879. The first-order chi connectivity index (χ1) is 12.2. The van der Waals surface area contributed by atoms with Crippen LogP contribution in [0.1, 0.15) is 24.5 Å². The molecule has 1 aliphatic heterocycles. The average molecular weight is 341 g/mol. The Bertz CT molecular complexity index is 831. The van der Waals surface area contributed by atoms with Gasteiger partial charge in [-0.3, -0.25) is 19.8 Å². The van der Waals surface area contributed by atoms with Gasteiger partial charge in [0.2, 0.25) is 5.91 Å². The zero-order valence-electron chi connectivity index (χ0n) is 13.9. The third kappa shape index (κ3) is 2.63. The fourth-order valence-corrected chi connectivity index (χ4v) is 3.41. The number of ether oxygens (including phenoxy) is 1. The number of H-pyrrole nitrogens is 1. The number of cyclic esters (lactones) is 1. The topological polar surface area (TPSA) is 100 Å². The third-order valence-corrected chi connectivity index (χ3v) is 4.60. The van der Waals surface area contributed by atoms with E-state index in [0.717, 1.165) is 41.8 Å². The van der Waals surface area contributed by atoms with Crippen LogP contribution < -0.4 is 10.2 Å². The second kappa shape index (κ2) is 6.19. The molecular weight excluding hydrogens is 322 g/mol. The van der Waals surface area contributed by atoms with E-state index in [2.05, 4.69) is 20.5 Å². The van der Waals surface area contributed by atoms with Crippen LogP contribution in [0.3, 0.4) is 0 Å². The lowest BCUT2D eigenvalue weighted by molar-refractivity contribution is -0.122. The maximum atomic E-state index is 12.2. The van der Waals surface area contributed by atoms with Crippen molar-refractivity contribution in [3.8, 4) is 11.4 Å². The number of carbonyl (C=O) groups is 2. The van der Waals surface area contributed by atoms with Crippen molar-refractivity contribution in [2.24, 2.45) is 0 Å². The monoisotopic (exact) mass is 341 g/mol. The summed E-state index contributed by atoms with van der Waals surface area (Å²) in [5, 5.41) is 9.87. The Hall–Kier alpha value is -2.90. The first-order valence-corrected chi connectivity index (χ1v) is 8.44. The maximum absolute atomic E-state index is 12.2. The minimum atomic E-state index is -0.666. The number of nitrogens with zero attached hydrogens (tertiary/aromatic N) is 3. The lowest BCUT2D eigenvalue weighted by Crippen LogP contribution is -2.46. The number of fused-ring (bicyclic) bond motifs is 3. The van der Waals surface area contributed by atoms with Crippen molar-refractivity contribution in [2.45, 2.75) is 32.2 Å². The summed E-state index contributed by atoms with van der Waals surface area (Å²) in [6.45, 7) is 2.39. The molecule has 3 heterocycles. The molecule has 25 heavy (non-hydrogen) atoms. The Morgan fingerprint density at radius 3 is 3.08 bits per heavy atom. The van der Waals surface area contributed by atoms with Crippen LogP contribution in [0.25, 0.3) is 11.4 Å². The molecule has 130 valence electrons. The SMILES string of the molecule is CCNC(=O)[C@@H]1COC(=O)N1c1cnc2c(c1)CCCc1cn[nH]c1-2. The van der Waals surface area contributed by atoms with Crippen LogP contribution in [0.4, 0.5) is 10.5 Å². The zero-order chi connectivity index (χ0) is 17.4. The number of hydrogen-bond acceptors (Lipinski definition) is 5. The standard InChI is InChI=1S/C17H19N5O3/c1-2-18-16(23)13-9-25-17(24)22(13)12-6-10-4-3-5-11-7-20-21-15(11)14(10)19-8-12/h6-8,13H,2-5,9H2,1H3,(H,18,23)(H,20,21)/t13-/m0/s1. The number of aromatic amines is 1. The largest absolute Gasteiger partial charge is 0.446 e. The summed E-state index contributed by atoms with van der Waals surface area (Å²) in [4.78, 5) is 30.3. The normalized spacial score (nSPS) is 19.0. The number of pyridine rings is 1. The average Bonchev–Trinajstić information content (AvgIpc) is 3.18. The minimum Gasteiger partial charge on any atom is -0.446 e. The summed E-state index contributed by atoms with van der Waals surface area (Å²) in [6, 6.07) is 1.26. The van der Waals surface area contributed by atoms with Gasteiger partial charge in [-0.2, -0.15) is 5.10 Å². The van der Waals surface area contributed by atoms with Gasteiger partial charge in [0.1, 0.15) is 6.61 Å². The molecule has 1 saturated heterocycles. The summed E-state index contributed by atoms with van der Waals surface area (Å²) in [5.74, 6) is -0.223. The van der Waals surface area contributed by atoms with E-state index in [1.807, 2.05) is 19.2 Å². The van der Waals surface area contributed by atoms with Crippen molar-refractivity contribution in [1.29, 1.82) is 0 Å². The molecule has 0 aromatic carbocycles. The third-order valence-electron chi connectivity index (χ3n) is 4.60. The lowest BCUT2D eigenvalue weighted by Gasteiger charge is -2.21. The Morgan fingerprint density at radius 1 is 1.40 bits per heavy atom. The molecule has 0 saturated carbocycles. The molecule has 0 spiro atoms. The highest BCUT2D eigenvalue weighted by Gasteiger charge is 2.39. The van der Waals surface area contributed by atoms with Crippen LogP contribution in [-0.4, -0.2) is 46.4 Å². The Kier molecular flexibility index (Phi) is 3.87. The molecule has 0 bridgehead atoms. The van der Waals surface area contributed by atoms with Gasteiger partial charge in [0, 0.05) is 6.54 Å². The molecule has 2 aromatic heterocycles. The van der Waals surface area contributed by atoms with Crippen LogP contribution in [-0.2, 0) is 22.4 Å². The fourth-order valence-electron chi connectivity index (χ4n) is 3.41. The van der Waals surface area contributed by atoms with E-state index in [0.29, 0.717) is 12.2 Å². The summed E-state index contributed by atoms with van der Waals surface area (Å²) >= 11 is 0. The molecule has 8 heteroatoms. The number of likely N-dealkylation sites (N-methyl/N-ethyl adjacent to an activating group) is 1. The predicted octanol–water partition coefficient (Wildman–Crippen LogP) is 1.42. The first kappa shape index (κ1) is 15.6. The van der Waals surface area contributed by atoms with Gasteiger partial charge in [0.15, 0.2) is 6.04 Å². The zero-order valence-corrected chi connectivity index (χ0v) is 13.9. The number of nitrogens with one attached hydrogen (secondary N) is 2. The van der Waals surface area contributed by atoms with Crippen LogP contribution in [0.2, 0.25) is 0 Å². The molecule has 8 nitrogen and oxygen atoms in total. The highest BCUT2D eigenvalue weighted by Crippen LogP contribution is 2.32. The highest BCUT2D eigenvalue weighted by molar-refractivity contribution is 6.00. The van der Waals surface area contributed by atoms with E-state index in [-0.39, 0.29) is 12.5 Å². The van der Waals surface area contributed by atoms with Crippen LogP contribution in [0, 0.1) is 0 Å². The van der Waals surface area contributed by atoms with Gasteiger partial charge in [-0.25, -0.2) is 4.79 Å². The number of hydrogen-bond donors (Lipinski definition) is 2. The summed E-state index contributed by atoms with van der Waals surface area (Å²) < 4.78 is 5.09. The Labute approximate surface area is 144 Å². The van der Waals surface area contributed by atoms with Gasteiger partial charge in [-0.05, 0) is 43.4 Å². The summed E-state index contributed by atoms with van der Waals surface area (Å²) in [6.07, 6.45) is 5.71. The number of aryl methyl sites for hydroxylation is 2. The molecule has 0 unspecified atom stereocenters. The molecular formula is C17H19N5O3. The van der Waals surface area contributed by atoms with Gasteiger partial charge >= 0.3 is 6.09 Å². The molecule has 2 aliphatic rings. The fraction of sp³-hybridized carbons (Fsp3) is 0.412. The van der Waals surface area contributed by atoms with Crippen molar-refractivity contribution in [3.63, 3.8) is 0 Å². The number of aromatic nitrogens is 3. The van der Waals surface area contributed by atoms with Gasteiger partial charge in [-0.1, -0.05) is 0 Å². The number of carbonyl (C=O) groups excluding carboxylic acids is 2. The van der Waals surface area contributed by atoms with Crippen molar-refractivity contribution in [1.82, 2.24) is 20.5 Å². The molecule has 2 N–H and O–H groups in total.